The minimum absolute atomic E-state index is 0.0898. The van der Waals surface area contributed by atoms with Crippen LogP contribution in [0, 0.1) is 0 Å². The molecule has 1 aromatic heterocycles. The van der Waals surface area contributed by atoms with Crippen molar-refractivity contribution in [2.45, 2.75) is 68.3 Å². The highest BCUT2D eigenvalue weighted by Crippen LogP contribution is 2.38. The molecule has 15 heteroatoms. The zero-order chi connectivity index (χ0) is 30.5. The Bertz CT molecular complexity index is 1470. The lowest BCUT2D eigenvalue weighted by atomic mass is 9.97. The number of ether oxygens (including phenoxy) is 4. The maximum absolute atomic E-state index is 13.5. The molecular formula is C27H30O15. The van der Waals surface area contributed by atoms with Crippen LogP contribution >= 0.6 is 0 Å². The SMILES string of the molecule is C[C@@H]1O[C@@H](Oc2c(-c3ccc(O)cc3)oc3cc(O)cc(O)c3c2=O)[C@H](O)[C@H](O)[C@H]1O[C@@H]1O[C@H](CO)[C@@H](O)[C@H](O)[C@H]1O. The number of hydrogen-bond donors (Lipinski definition) is 9. The normalized spacial score (nSPS) is 33.5. The number of aliphatic hydroxyl groups is 6. The fourth-order valence-corrected chi connectivity index (χ4v) is 4.92. The van der Waals surface area contributed by atoms with Crippen molar-refractivity contribution in [1.82, 2.24) is 0 Å². The summed E-state index contributed by atoms with van der Waals surface area (Å²) in [4.78, 5) is 13.5. The van der Waals surface area contributed by atoms with Crippen LogP contribution in [0.15, 0.2) is 45.6 Å². The van der Waals surface area contributed by atoms with Crippen LogP contribution in [-0.4, -0.2) is 114 Å². The Labute approximate surface area is 236 Å². The van der Waals surface area contributed by atoms with E-state index in [-0.39, 0.29) is 33.8 Å². The number of aromatic hydroxyl groups is 3. The van der Waals surface area contributed by atoms with E-state index in [4.69, 9.17) is 23.4 Å². The highest BCUT2D eigenvalue weighted by atomic mass is 16.7. The standard InChI is InChI=1S/C27H30O15/c1-9-23(41-27-21(36)19(34)17(32)15(8-28)40-27)20(35)22(37)26(38-9)42-25-18(33)16-13(31)6-12(30)7-14(16)39-24(25)10-2-4-11(29)5-3-10/h2-7,9,15,17,19-23,26-32,34-37H,8H2,1H3/t9-,15+,17+,19-,20-,21+,22+,23-,26-,27-/m0/s1. The molecule has 0 saturated carbocycles. The first-order valence-electron chi connectivity index (χ1n) is 12.9. The molecule has 0 unspecified atom stereocenters. The average molecular weight is 595 g/mol. The third-order valence-corrected chi connectivity index (χ3v) is 7.20. The summed E-state index contributed by atoms with van der Waals surface area (Å²) >= 11 is 0. The Morgan fingerprint density at radius 1 is 0.810 bits per heavy atom. The predicted octanol–water partition coefficient (Wildman–Crippen LogP) is -1.39. The Morgan fingerprint density at radius 2 is 1.48 bits per heavy atom. The van der Waals surface area contributed by atoms with Gasteiger partial charge in [-0.05, 0) is 31.2 Å². The van der Waals surface area contributed by atoms with E-state index in [2.05, 4.69) is 0 Å². The molecule has 15 nitrogen and oxygen atoms in total. The van der Waals surface area contributed by atoms with E-state index in [0.29, 0.717) is 0 Å². The van der Waals surface area contributed by atoms with Crippen LogP contribution in [0.25, 0.3) is 22.3 Å². The molecule has 2 aliphatic rings. The number of fused-ring (bicyclic) bond motifs is 1. The van der Waals surface area contributed by atoms with Gasteiger partial charge in [0, 0.05) is 17.7 Å². The predicted molar refractivity (Wildman–Crippen MR) is 139 cm³/mol. The third-order valence-electron chi connectivity index (χ3n) is 7.20. The first kappa shape index (κ1) is 30.0. The van der Waals surface area contributed by atoms with Crippen LogP contribution in [0.3, 0.4) is 0 Å². The Morgan fingerprint density at radius 3 is 2.14 bits per heavy atom. The molecule has 10 atom stereocenters. The van der Waals surface area contributed by atoms with Crippen LogP contribution < -0.4 is 10.2 Å². The van der Waals surface area contributed by atoms with Crippen molar-refractivity contribution in [2.24, 2.45) is 0 Å². The molecular weight excluding hydrogens is 564 g/mol. The van der Waals surface area contributed by atoms with Crippen LogP contribution in [0.2, 0.25) is 0 Å². The summed E-state index contributed by atoms with van der Waals surface area (Å²) in [6.45, 7) is 0.702. The number of aliphatic hydroxyl groups excluding tert-OH is 6. The number of phenolic OH excluding ortho intramolecular Hbond substituents is 3. The molecule has 3 heterocycles. The second-order valence-corrected chi connectivity index (χ2v) is 10.1. The Balaban J connectivity index is 1.45. The molecule has 9 N–H and O–H groups in total. The van der Waals surface area contributed by atoms with Crippen LogP contribution in [0.4, 0.5) is 0 Å². The topological polar surface area (TPSA) is 249 Å². The lowest BCUT2D eigenvalue weighted by molar-refractivity contribution is -0.348. The van der Waals surface area contributed by atoms with Crippen LogP contribution in [0.1, 0.15) is 6.92 Å². The van der Waals surface area contributed by atoms with E-state index in [1.807, 2.05) is 0 Å². The van der Waals surface area contributed by atoms with Gasteiger partial charge in [0.1, 0.15) is 70.9 Å². The van der Waals surface area contributed by atoms with Crippen molar-refractivity contribution in [3.8, 4) is 34.3 Å². The van der Waals surface area contributed by atoms with Gasteiger partial charge in [-0.2, -0.15) is 0 Å². The summed E-state index contributed by atoms with van der Waals surface area (Å²) < 4.78 is 28.2. The number of phenols is 3. The highest BCUT2D eigenvalue weighted by Gasteiger charge is 2.50. The van der Waals surface area contributed by atoms with Crippen molar-refractivity contribution >= 4 is 11.0 Å². The molecule has 0 radical (unpaired) electrons. The minimum atomic E-state index is -1.88. The summed E-state index contributed by atoms with van der Waals surface area (Å²) in [7, 11) is 0. The van der Waals surface area contributed by atoms with Crippen molar-refractivity contribution < 1.29 is 69.3 Å². The number of hydrogen-bond acceptors (Lipinski definition) is 15. The van der Waals surface area contributed by atoms with Gasteiger partial charge in [0.05, 0.1) is 12.7 Å². The second-order valence-electron chi connectivity index (χ2n) is 10.1. The molecule has 0 amide bonds. The smallest absolute Gasteiger partial charge is 0.239 e. The van der Waals surface area contributed by atoms with Gasteiger partial charge in [0.15, 0.2) is 12.1 Å². The molecule has 2 fully saturated rings. The van der Waals surface area contributed by atoms with Crippen molar-refractivity contribution in [3.05, 3.63) is 46.6 Å². The van der Waals surface area contributed by atoms with Gasteiger partial charge < -0.3 is 69.3 Å². The van der Waals surface area contributed by atoms with Crippen molar-refractivity contribution in [1.29, 1.82) is 0 Å². The van der Waals surface area contributed by atoms with E-state index >= 15 is 0 Å². The molecule has 0 bridgehead atoms. The largest absolute Gasteiger partial charge is 0.508 e. The van der Waals surface area contributed by atoms with E-state index in [9.17, 15) is 50.8 Å². The quantitative estimate of drug-likeness (QED) is 0.159. The van der Waals surface area contributed by atoms with Gasteiger partial charge in [-0.1, -0.05) is 0 Å². The fourth-order valence-electron chi connectivity index (χ4n) is 4.92. The second kappa shape index (κ2) is 11.6. The maximum atomic E-state index is 13.5. The Kier molecular flexibility index (Phi) is 8.30. The molecule has 3 aromatic rings. The molecule has 0 spiro atoms. The molecule has 42 heavy (non-hydrogen) atoms. The zero-order valence-electron chi connectivity index (χ0n) is 21.9. The van der Waals surface area contributed by atoms with Gasteiger partial charge in [-0.3, -0.25) is 4.79 Å². The van der Waals surface area contributed by atoms with Crippen molar-refractivity contribution in [2.75, 3.05) is 6.61 Å². The number of rotatable bonds is 6. The molecule has 5 rings (SSSR count). The fraction of sp³-hybridized carbons (Fsp3) is 0.444. The maximum Gasteiger partial charge on any atom is 0.239 e. The van der Waals surface area contributed by atoms with Gasteiger partial charge >= 0.3 is 0 Å². The monoisotopic (exact) mass is 594 g/mol. The summed E-state index contributed by atoms with van der Waals surface area (Å²) in [5.74, 6) is -1.84. The van der Waals surface area contributed by atoms with E-state index in [0.717, 1.165) is 12.1 Å². The van der Waals surface area contributed by atoms with Gasteiger partial charge in [0.2, 0.25) is 17.5 Å². The first-order valence-corrected chi connectivity index (χ1v) is 12.9. The zero-order valence-corrected chi connectivity index (χ0v) is 21.9. The summed E-state index contributed by atoms with van der Waals surface area (Å²) in [5.41, 5.74) is -0.874. The van der Waals surface area contributed by atoms with Crippen LogP contribution in [-0.2, 0) is 14.2 Å². The van der Waals surface area contributed by atoms with Gasteiger partial charge in [-0.15, -0.1) is 0 Å². The summed E-state index contributed by atoms with van der Waals surface area (Å²) in [6.07, 6.45) is -15.9. The molecule has 2 aliphatic heterocycles. The van der Waals surface area contributed by atoms with E-state index in [1.54, 1.807) is 0 Å². The molecule has 0 aliphatic carbocycles. The third kappa shape index (κ3) is 5.37. The lowest BCUT2D eigenvalue weighted by Gasteiger charge is -2.45. The lowest BCUT2D eigenvalue weighted by Crippen LogP contribution is -2.64. The van der Waals surface area contributed by atoms with Gasteiger partial charge in [0.25, 0.3) is 0 Å². The molecule has 228 valence electrons. The number of benzene rings is 2. The molecule has 2 saturated heterocycles. The summed E-state index contributed by atoms with van der Waals surface area (Å²) in [6, 6.07) is 7.43. The highest BCUT2D eigenvalue weighted by molar-refractivity contribution is 5.88. The van der Waals surface area contributed by atoms with E-state index in [1.165, 1.54) is 31.2 Å². The Hall–Kier alpha value is -3.51. The van der Waals surface area contributed by atoms with Crippen molar-refractivity contribution in [3.63, 3.8) is 0 Å². The molecule has 2 aromatic carbocycles. The van der Waals surface area contributed by atoms with Crippen LogP contribution in [0.5, 0.6) is 23.0 Å². The van der Waals surface area contributed by atoms with E-state index < -0.39 is 84.9 Å². The first-order chi connectivity index (χ1) is 19.9. The minimum Gasteiger partial charge on any atom is -0.508 e. The van der Waals surface area contributed by atoms with Gasteiger partial charge in [-0.25, -0.2) is 0 Å². The average Bonchev–Trinajstić information content (AvgIpc) is 2.95. The summed E-state index contributed by atoms with van der Waals surface area (Å²) in [5, 5.41) is 91.2.